The van der Waals surface area contributed by atoms with Crippen LogP contribution in [0.3, 0.4) is 0 Å². The van der Waals surface area contributed by atoms with Crippen LogP contribution in [-0.2, 0) is 4.74 Å². The molecule has 0 heterocycles. The summed E-state index contributed by atoms with van der Waals surface area (Å²) in [6.07, 6.45) is 3.84. The summed E-state index contributed by atoms with van der Waals surface area (Å²) >= 11 is 0. The quantitative estimate of drug-likeness (QED) is 0.434. The van der Waals surface area contributed by atoms with Gasteiger partial charge in [-0.1, -0.05) is 34.9 Å². The van der Waals surface area contributed by atoms with Gasteiger partial charge in [0.25, 0.3) is 0 Å². The molecule has 0 aromatic carbocycles. The fourth-order valence-electron chi connectivity index (χ4n) is 0.583. The number of hydrogen-bond acceptors (Lipinski definition) is 3. The van der Waals surface area contributed by atoms with Crippen molar-refractivity contribution in [3.05, 3.63) is 0 Å². The largest absolute Gasteiger partial charge is 0.385 e. The van der Waals surface area contributed by atoms with Gasteiger partial charge in [0, 0.05) is 25.2 Å². The van der Waals surface area contributed by atoms with E-state index in [9.17, 15) is 0 Å². The van der Waals surface area contributed by atoms with Crippen molar-refractivity contribution >= 4 is 21.6 Å². The number of unbranched alkanes of at least 4 members (excludes halogenated alkanes) is 1. The second kappa shape index (κ2) is 10.7. The normalized spacial score (nSPS) is 10.4. The zero-order valence-corrected chi connectivity index (χ0v) is 9.10. The van der Waals surface area contributed by atoms with Crippen LogP contribution in [0.1, 0.15) is 26.2 Å². The molecule has 0 aromatic rings. The molecule has 0 N–H and O–H groups in total. The standard InChI is InChI=1S/C8H18OS2/c1-3-4-7-10-11-8-5-6-9-2/h3-8H2,1-2H3. The molecule has 0 aliphatic rings. The monoisotopic (exact) mass is 194 g/mol. The first kappa shape index (κ1) is 11.7. The molecule has 11 heavy (non-hydrogen) atoms. The van der Waals surface area contributed by atoms with Gasteiger partial charge in [-0.05, 0) is 12.8 Å². The average molecular weight is 194 g/mol. The molecule has 0 fully saturated rings. The first-order valence-electron chi connectivity index (χ1n) is 4.15. The number of ether oxygens (including phenoxy) is 1. The molecule has 0 atom stereocenters. The third-order valence-electron chi connectivity index (χ3n) is 1.24. The highest BCUT2D eigenvalue weighted by Gasteiger charge is 1.89. The number of methoxy groups -OCH3 is 1. The minimum absolute atomic E-state index is 0.904. The average Bonchev–Trinajstić information content (AvgIpc) is 2.03. The lowest BCUT2D eigenvalue weighted by Gasteiger charge is -1.99. The molecule has 0 aliphatic carbocycles. The van der Waals surface area contributed by atoms with Crippen molar-refractivity contribution in [2.45, 2.75) is 26.2 Å². The van der Waals surface area contributed by atoms with Gasteiger partial charge in [0.15, 0.2) is 0 Å². The van der Waals surface area contributed by atoms with E-state index in [2.05, 4.69) is 6.92 Å². The second-order valence-electron chi connectivity index (χ2n) is 2.34. The van der Waals surface area contributed by atoms with Crippen molar-refractivity contribution in [2.75, 3.05) is 25.2 Å². The van der Waals surface area contributed by atoms with Gasteiger partial charge in [0.05, 0.1) is 0 Å². The third-order valence-corrected chi connectivity index (χ3v) is 3.82. The third kappa shape index (κ3) is 10.7. The number of rotatable bonds is 8. The SMILES string of the molecule is CCCCSSCCCOC. The Morgan fingerprint density at radius 1 is 1.09 bits per heavy atom. The summed E-state index contributed by atoms with van der Waals surface area (Å²) < 4.78 is 4.95. The van der Waals surface area contributed by atoms with E-state index in [4.69, 9.17) is 4.74 Å². The van der Waals surface area contributed by atoms with Crippen LogP contribution in [0.25, 0.3) is 0 Å². The second-order valence-corrected chi connectivity index (χ2v) is 5.05. The molecule has 0 rings (SSSR count). The topological polar surface area (TPSA) is 9.23 Å². The minimum Gasteiger partial charge on any atom is -0.385 e. The van der Waals surface area contributed by atoms with E-state index in [1.54, 1.807) is 7.11 Å². The smallest absolute Gasteiger partial charge is 0.0470 e. The van der Waals surface area contributed by atoms with Gasteiger partial charge in [0.1, 0.15) is 0 Å². The highest BCUT2D eigenvalue weighted by atomic mass is 33.1. The predicted octanol–water partition coefficient (Wildman–Crippen LogP) is 3.20. The summed E-state index contributed by atoms with van der Waals surface area (Å²) in [7, 11) is 5.72. The summed E-state index contributed by atoms with van der Waals surface area (Å²) in [4.78, 5) is 0. The van der Waals surface area contributed by atoms with Crippen molar-refractivity contribution in [1.82, 2.24) is 0 Å². The van der Waals surface area contributed by atoms with Crippen LogP contribution in [0.4, 0.5) is 0 Å². The lowest BCUT2D eigenvalue weighted by atomic mass is 10.4. The Morgan fingerprint density at radius 2 is 1.73 bits per heavy atom. The molecule has 68 valence electrons. The Bertz CT molecular complexity index is 61.1. The summed E-state index contributed by atoms with van der Waals surface area (Å²) in [6.45, 7) is 3.14. The zero-order chi connectivity index (χ0) is 8.36. The van der Waals surface area contributed by atoms with Crippen LogP contribution in [0, 0.1) is 0 Å². The van der Waals surface area contributed by atoms with E-state index in [1.807, 2.05) is 21.6 Å². The molecule has 0 bridgehead atoms. The molecule has 0 unspecified atom stereocenters. The zero-order valence-electron chi connectivity index (χ0n) is 7.47. The van der Waals surface area contributed by atoms with Gasteiger partial charge >= 0.3 is 0 Å². The van der Waals surface area contributed by atoms with Crippen LogP contribution in [0.15, 0.2) is 0 Å². The maximum Gasteiger partial charge on any atom is 0.0470 e. The first-order valence-corrected chi connectivity index (χ1v) is 6.64. The van der Waals surface area contributed by atoms with E-state index in [0.717, 1.165) is 6.61 Å². The summed E-state index contributed by atoms with van der Waals surface area (Å²) in [6, 6.07) is 0. The lowest BCUT2D eigenvalue weighted by molar-refractivity contribution is 0.200. The molecular weight excluding hydrogens is 176 g/mol. The van der Waals surface area contributed by atoms with Gasteiger partial charge in [-0.15, -0.1) is 0 Å². The van der Waals surface area contributed by atoms with Gasteiger partial charge in [0.2, 0.25) is 0 Å². The predicted molar refractivity (Wildman–Crippen MR) is 56.3 cm³/mol. The summed E-state index contributed by atoms with van der Waals surface area (Å²) in [5, 5.41) is 0. The molecule has 0 radical (unpaired) electrons. The molecule has 0 saturated carbocycles. The molecule has 3 heteroatoms. The van der Waals surface area contributed by atoms with Crippen LogP contribution in [0.2, 0.25) is 0 Å². The Hall–Kier alpha value is 0.660. The Morgan fingerprint density at radius 3 is 2.27 bits per heavy atom. The summed E-state index contributed by atoms with van der Waals surface area (Å²) in [5.74, 6) is 2.52. The number of hydrogen-bond donors (Lipinski definition) is 0. The van der Waals surface area contributed by atoms with Crippen LogP contribution >= 0.6 is 21.6 Å². The summed E-state index contributed by atoms with van der Waals surface area (Å²) in [5.41, 5.74) is 0. The van der Waals surface area contributed by atoms with Crippen molar-refractivity contribution in [1.29, 1.82) is 0 Å². The van der Waals surface area contributed by atoms with Gasteiger partial charge in [-0.2, -0.15) is 0 Å². The van der Waals surface area contributed by atoms with Crippen LogP contribution < -0.4 is 0 Å². The molecule has 0 aromatic heterocycles. The maximum absolute atomic E-state index is 4.95. The minimum atomic E-state index is 0.904. The molecular formula is C8H18OS2. The van der Waals surface area contributed by atoms with E-state index in [0.29, 0.717) is 0 Å². The van der Waals surface area contributed by atoms with Crippen molar-refractivity contribution in [3.63, 3.8) is 0 Å². The van der Waals surface area contributed by atoms with Gasteiger partial charge in [-0.3, -0.25) is 0 Å². The highest BCUT2D eigenvalue weighted by Crippen LogP contribution is 2.22. The molecule has 0 spiro atoms. The van der Waals surface area contributed by atoms with Gasteiger partial charge < -0.3 is 4.74 Å². The highest BCUT2D eigenvalue weighted by molar-refractivity contribution is 8.76. The van der Waals surface area contributed by atoms with E-state index >= 15 is 0 Å². The fourth-order valence-corrected chi connectivity index (χ4v) is 2.88. The Balaban J connectivity index is 2.69. The Kier molecular flexibility index (Phi) is 11.3. The van der Waals surface area contributed by atoms with Crippen LogP contribution in [-0.4, -0.2) is 25.2 Å². The Labute approximate surface area is 78.1 Å². The maximum atomic E-state index is 4.95. The van der Waals surface area contributed by atoms with E-state index in [1.165, 1.54) is 30.8 Å². The molecule has 1 nitrogen and oxygen atoms in total. The molecule has 0 amide bonds. The van der Waals surface area contributed by atoms with Crippen molar-refractivity contribution in [3.8, 4) is 0 Å². The van der Waals surface area contributed by atoms with E-state index < -0.39 is 0 Å². The molecule has 0 saturated heterocycles. The van der Waals surface area contributed by atoms with Crippen molar-refractivity contribution < 1.29 is 4.74 Å². The van der Waals surface area contributed by atoms with Gasteiger partial charge in [-0.25, -0.2) is 0 Å². The molecule has 0 aliphatic heterocycles. The van der Waals surface area contributed by atoms with Crippen LogP contribution in [0.5, 0.6) is 0 Å². The van der Waals surface area contributed by atoms with Crippen molar-refractivity contribution in [2.24, 2.45) is 0 Å². The lowest BCUT2D eigenvalue weighted by Crippen LogP contribution is -1.88. The fraction of sp³-hybridized carbons (Fsp3) is 1.00. The first-order chi connectivity index (χ1) is 5.41. The van der Waals surface area contributed by atoms with E-state index in [-0.39, 0.29) is 0 Å².